The Balaban J connectivity index is 1.62. The fourth-order valence-corrected chi connectivity index (χ4v) is 3.42. The van der Waals surface area contributed by atoms with Crippen LogP contribution in [0.2, 0.25) is 0 Å². The number of hydrogen-bond acceptors (Lipinski definition) is 8. The Morgan fingerprint density at radius 2 is 1.80 bits per heavy atom. The minimum Gasteiger partial charge on any atom is -0.493 e. The SMILES string of the molecule is COc1cc(/C=C2\C(=O)NC(=O)N(c3ccc(Br)cc3)C2=O)ccc1Oc1ccc([N+](=O)[O-])cn1. The van der Waals surface area contributed by atoms with Crippen LogP contribution in [0, 0.1) is 10.1 Å². The molecule has 0 spiro atoms. The van der Waals surface area contributed by atoms with Gasteiger partial charge in [-0.15, -0.1) is 0 Å². The van der Waals surface area contributed by atoms with E-state index < -0.39 is 22.8 Å². The van der Waals surface area contributed by atoms with Gasteiger partial charge in [-0.3, -0.25) is 25.0 Å². The Hall–Kier alpha value is -4.58. The van der Waals surface area contributed by atoms with Crippen molar-refractivity contribution in [2.24, 2.45) is 0 Å². The largest absolute Gasteiger partial charge is 0.493 e. The summed E-state index contributed by atoms with van der Waals surface area (Å²) in [6.07, 6.45) is 2.39. The molecule has 0 bridgehead atoms. The van der Waals surface area contributed by atoms with Gasteiger partial charge in [-0.05, 0) is 48.0 Å². The number of imide groups is 2. The molecule has 4 rings (SSSR count). The molecule has 176 valence electrons. The molecule has 2 aromatic carbocycles. The fourth-order valence-electron chi connectivity index (χ4n) is 3.16. The van der Waals surface area contributed by atoms with Crippen molar-refractivity contribution in [1.29, 1.82) is 0 Å². The number of nitrogens with one attached hydrogen (secondary N) is 1. The first-order chi connectivity index (χ1) is 16.8. The summed E-state index contributed by atoms with van der Waals surface area (Å²) in [7, 11) is 1.40. The van der Waals surface area contributed by atoms with Crippen LogP contribution in [0.3, 0.4) is 0 Å². The molecule has 0 saturated carbocycles. The highest BCUT2D eigenvalue weighted by atomic mass is 79.9. The molecule has 1 fully saturated rings. The van der Waals surface area contributed by atoms with Gasteiger partial charge in [0.1, 0.15) is 11.8 Å². The molecular formula is C23H15BrN4O7. The molecular weight excluding hydrogens is 524 g/mol. The summed E-state index contributed by atoms with van der Waals surface area (Å²) in [5.74, 6) is -1.00. The average Bonchev–Trinajstić information content (AvgIpc) is 2.84. The zero-order valence-corrected chi connectivity index (χ0v) is 19.5. The van der Waals surface area contributed by atoms with Crippen LogP contribution in [0.4, 0.5) is 16.2 Å². The van der Waals surface area contributed by atoms with Crippen LogP contribution in [0.1, 0.15) is 5.56 Å². The molecule has 1 aliphatic rings. The number of urea groups is 1. The zero-order valence-electron chi connectivity index (χ0n) is 17.9. The Morgan fingerprint density at radius 1 is 1.06 bits per heavy atom. The van der Waals surface area contributed by atoms with Crippen LogP contribution >= 0.6 is 15.9 Å². The van der Waals surface area contributed by atoms with Crippen molar-refractivity contribution in [3.63, 3.8) is 0 Å². The number of methoxy groups -OCH3 is 1. The lowest BCUT2D eigenvalue weighted by atomic mass is 10.1. The van der Waals surface area contributed by atoms with E-state index in [2.05, 4.69) is 26.2 Å². The molecule has 35 heavy (non-hydrogen) atoms. The van der Waals surface area contributed by atoms with Gasteiger partial charge in [-0.2, -0.15) is 0 Å². The minimum absolute atomic E-state index is 0.102. The molecule has 4 amide bonds. The second-order valence-corrected chi connectivity index (χ2v) is 7.97. The third kappa shape index (κ3) is 5.01. The van der Waals surface area contributed by atoms with Crippen molar-refractivity contribution in [2.75, 3.05) is 12.0 Å². The van der Waals surface area contributed by atoms with Crippen molar-refractivity contribution < 1.29 is 28.8 Å². The molecule has 1 aromatic heterocycles. The van der Waals surface area contributed by atoms with Gasteiger partial charge >= 0.3 is 6.03 Å². The summed E-state index contributed by atoms with van der Waals surface area (Å²) in [6.45, 7) is 0. The summed E-state index contributed by atoms with van der Waals surface area (Å²) in [6, 6.07) is 12.8. The summed E-state index contributed by atoms with van der Waals surface area (Å²) in [5, 5.41) is 12.9. The minimum atomic E-state index is -0.851. The Morgan fingerprint density at radius 3 is 2.43 bits per heavy atom. The van der Waals surface area contributed by atoms with Gasteiger partial charge in [-0.25, -0.2) is 14.7 Å². The maximum Gasteiger partial charge on any atom is 0.335 e. The maximum absolute atomic E-state index is 13.0. The van der Waals surface area contributed by atoms with E-state index in [1.165, 1.54) is 37.5 Å². The van der Waals surface area contributed by atoms with Crippen LogP contribution in [-0.4, -0.2) is 34.9 Å². The van der Waals surface area contributed by atoms with Crippen LogP contribution in [0.15, 0.2) is 70.8 Å². The first-order valence-corrected chi connectivity index (χ1v) is 10.7. The van der Waals surface area contributed by atoms with E-state index in [1.807, 2.05) is 0 Å². The Kier molecular flexibility index (Phi) is 6.55. The number of ether oxygens (including phenoxy) is 2. The predicted octanol–water partition coefficient (Wildman–Crippen LogP) is 4.22. The summed E-state index contributed by atoms with van der Waals surface area (Å²) >= 11 is 3.29. The molecule has 1 N–H and O–H groups in total. The van der Waals surface area contributed by atoms with Gasteiger partial charge in [0.05, 0.1) is 17.7 Å². The summed E-state index contributed by atoms with van der Waals surface area (Å²) in [4.78, 5) is 52.7. The second-order valence-electron chi connectivity index (χ2n) is 7.06. The predicted molar refractivity (Wildman–Crippen MR) is 127 cm³/mol. The first kappa shape index (κ1) is 23.6. The number of nitrogens with zero attached hydrogens (tertiary/aromatic N) is 3. The molecule has 12 heteroatoms. The van der Waals surface area contributed by atoms with E-state index in [0.717, 1.165) is 15.6 Å². The molecule has 1 saturated heterocycles. The van der Waals surface area contributed by atoms with Gasteiger partial charge < -0.3 is 9.47 Å². The normalized spacial score (nSPS) is 14.6. The number of aromatic nitrogens is 1. The van der Waals surface area contributed by atoms with Gasteiger partial charge in [0, 0.05) is 16.6 Å². The molecule has 0 atom stereocenters. The Labute approximate surface area is 206 Å². The number of halogens is 1. The van der Waals surface area contributed by atoms with Crippen molar-refractivity contribution >= 4 is 51.2 Å². The fraction of sp³-hybridized carbons (Fsp3) is 0.0435. The van der Waals surface area contributed by atoms with Gasteiger partial charge in [-0.1, -0.05) is 22.0 Å². The van der Waals surface area contributed by atoms with Crippen molar-refractivity contribution in [1.82, 2.24) is 10.3 Å². The quantitative estimate of drug-likeness (QED) is 0.213. The lowest BCUT2D eigenvalue weighted by Crippen LogP contribution is -2.54. The van der Waals surface area contributed by atoms with E-state index in [0.29, 0.717) is 11.3 Å². The lowest BCUT2D eigenvalue weighted by molar-refractivity contribution is -0.385. The molecule has 11 nitrogen and oxygen atoms in total. The topological polar surface area (TPSA) is 141 Å². The highest BCUT2D eigenvalue weighted by Gasteiger charge is 2.36. The number of carbonyl (C=O) groups excluding carboxylic acids is 3. The standard InChI is InChI=1S/C23H15BrN4O7/c1-34-19-11-13(2-8-18(19)35-20-9-7-16(12-25-20)28(32)33)10-17-21(29)26-23(31)27(22(17)30)15-5-3-14(24)4-6-15/h2-12H,1H3,(H,26,29,31)/b17-10+. The number of nitro groups is 1. The molecule has 1 aliphatic heterocycles. The smallest absolute Gasteiger partial charge is 0.335 e. The van der Waals surface area contributed by atoms with Gasteiger partial charge in [0.2, 0.25) is 5.88 Å². The monoisotopic (exact) mass is 538 g/mol. The Bertz CT molecular complexity index is 1370. The van der Waals surface area contributed by atoms with Gasteiger partial charge in [0.25, 0.3) is 17.5 Å². The maximum atomic E-state index is 13.0. The number of benzene rings is 2. The number of rotatable bonds is 6. The highest BCUT2D eigenvalue weighted by molar-refractivity contribution is 9.10. The third-order valence-electron chi connectivity index (χ3n) is 4.83. The van der Waals surface area contributed by atoms with E-state index >= 15 is 0 Å². The van der Waals surface area contributed by atoms with Crippen molar-refractivity contribution in [3.05, 3.63) is 86.5 Å². The average molecular weight is 539 g/mol. The first-order valence-electron chi connectivity index (χ1n) is 9.90. The van der Waals surface area contributed by atoms with E-state index in [9.17, 15) is 24.5 Å². The number of anilines is 1. The van der Waals surface area contributed by atoms with Crippen LogP contribution in [0.25, 0.3) is 6.08 Å². The van der Waals surface area contributed by atoms with E-state index in [4.69, 9.17) is 9.47 Å². The zero-order chi connectivity index (χ0) is 25.1. The van der Waals surface area contributed by atoms with E-state index in [-0.39, 0.29) is 28.6 Å². The number of carbonyl (C=O) groups is 3. The number of pyridine rings is 1. The molecule has 2 heterocycles. The summed E-state index contributed by atoms with van der Waals surface area (Å²) < 4.78 is 11.7. The lowest BCUT2D eigenvalue weighted by Gasteiger charge is -2.26. The van der Waals surface area contributed by atoms with Crippen LogP contribution < -0.4 is 19.7 Å². The number of barbiturate groups is 1. The number of hydrogen-bond donors (Lipinski definition) is 1. The molecule has 0 radical (unpaired) electrons. The summed E-state index contributed by atoms with van der Waals surface area (Å²) in [5.41, 5.74) is 0.290. The highest BCUT2D eigenvalue weighted by Crippen LogP contribution is 2.33. The van der Waals surface area contributed by atoms with Crippen LogP contribution in [0.5, 0.6) is 17.4 Å². The van der Waals surface area contributed by atoms with Crippen molar-refractivity contribution in [2.45, 2.75) is 0 Å². The van der Waals surface area contributed by atoms with Gasteiger partial charge in [0.15, 0.2) is 11.5 Å². The molecule has 0 aliphatic carbocycles. The molecule has 0 unspecified atom stereocenters. The third-order valence-corrected chi connectivity index (χ3v) is 5.36. The van der Waals surface area contributed by atoms with Crippen molar-refractivity contribution in [3.8, 4) is 17.4 Å². The van der Waals surface area contributed by atoms with E-state index in [1.54, 1.807) is 30.3 Å². The second kappa shape index (κ2) is 9.73. The molecule has 3 aromatic rings. The number of amides is 4. The van der Waals surface area contributed by atoms with Crippen LogP contribution in [-0.2, 0) is 9.59 Å².